The van der Waals surface area contributed by atoms with Gasteiger partial charge >= 0.3 is 17.7 Å². The maximum absolute atomic E-state index is 12.2. The van der Waals surface area contributed by atoms with Crippen molar-refractivity contribution >= 4 is 40.3 Å². The number of pyridine rings is 1. The maximum atomic E-state index is 12.2. The Labute approximate surface area is 164 Å². The smallest absolute Gasteiger partial charge is 0.411 e. The molecule has 0 atom stereocenters. The number of fused-ring (bicyclic) bond motifs is 1. The van der Waals surface area contributed by atoms with Gasteiger partial charge in [0.1, 0.15) is 17.3 Å². The molecular weight excluding hydrogens is 388 g/mol. The van der Waals surface area contributed by atoms with Gasteiger partial charge in [-0.3, -0.25) is 5.32 Å². The second kappa shape index (κ2) is 8.53. The van der Waals surface area contributed by atoms with E-state index in [9.17, 15) is 14.4 Å². The Balaban J connectivity index is 1.82. The number of amides is 1. The number of carbonyl (C=O) groups is 2. The summed E-state index contributed by atoms with van der Waals surface area (Å²) in [4.78, 5) is 39.3. The molecule has 0 aliphatic heterocycles. The van der Waals surface area contributed by atoms with Crippen molar-refractivity contribution in [2.24, 2.45) is 0 Å². The number of carbonyl (C=O) groups excluding carboxylic acids is 2. The van der Waals surface area contributed by atoms with Crippen LogP contribution in [0.1, 0.15) is 22.8 Å². The number of rotatable bonds is 5. The van der Waals surface area contributed by atoms with Crippen molar-refractivity contribution in [2.75, 3.05) is 11.9 Å². The van der Waals surface area contributed by atoms with Gasteiger partial charge in [-0.2, -0.15) is 0 Å². The molecule has 8 nitrogen and oxygen atoms in total. The molecule has 0 aliphatic rings. The highest BCUT2D eigenvalue weighted by Gasteiger charge is 2.12. The van der Waals surface area contributed by atoms with Crippen molar-refractivity contribution in [3.63, 3.8) is 0 Å². The zero-order valence-electron chi connectivity index (χ0n) is 14.7. The van der Waals surface area contributed by atoms with Gasteiger partial charge in [0.25, 0.3) is 0 Å². The molecule has 1 N–H and O–H groups in total. The summed E-state index contributed by atoms with van der Waals surface area (Å²) in [5.41, 5.74) is 0.726. The van der Waals surface area contributed by atoms with Gasteiger partial charge in [-0.1, -0.05) is 11.6 Å². The van der Waals surface area contributed by atoms with Gasteiger partial charge in [-0.25, -0.2) is 19.4 Å². The molecule has 1 aromatic carbocycles. The average Bonchev–Trinajstić information content (AvgIpc) is 2.65. The molecule has 9 heteroatoms. The summed E-state index contributed by atoms with van der Waals surface area (Å²) < 4.78 is 15.2. The number of halogens is 1. The van der Waals surface area contributed by atoms with E-state index >= 15 is 0 Å². The van der Waals surface area contributed by atoms with Crippen molar-refractivity contribution in [1.29, 1.82) is 0 Å². The van der Waals surface area contributed by atoms with Crippen LogP contribution < -0.4 is 10.9 Å². The minimum Gasteiger partial charge on any atom is -0.457 e. The first-order valence-electron chi connectivity index (χ1n) is 8.25. The number of aromatic nitrogens is 1. The minimum absolute atomic E-state index is 0.147. The maximum Gasteiger partial charge on any atom is 0.411 e. The molecule has 0 radical (unpaired) electrons. The van der Waals surface area contributed by atoms with E-state index in [1.807, 2.05) is 0 Å². The number of hydrogen-bond donors (Lipinski definition) is 1. The molecular formula is C19H15ClN2O6. The zero-order valence-corrected chi connectivity index (χ0v) is 15.5. The SMILES string of the molecule is CCOC(=O)Nc1ccc2c(COC(=O)c3ccnc(Cl)c3)cc(=O)oc2c1. The number of anilines is 1. The van der Waals surface area contributed by atoms with Crippen molar-refractivity contribution in [1.82, 2.24) is 4.98 Å². The highest BCUT2D eigenvalue weighted by Crippen LogP contribution is 2.22. The summed E-state index contributed by atoms with van der Waals surface area (Å²) in [7, 11) is 0. The molecule has 1 amide bonds. The predicted molar refractivity (Wildman–Crippen MR) is 101 cm³/mol. The van der Waals surface area contributed by atoms with Crippen molar-refractivity contribution in [3.8, 4) is 0 Å². The summed E-state index contributed by atoms with van der Waals surface area (Å²) in [6, 6.07) is 8.85. The van der Waals surface area contributed by atoms with Crippen LogP contribution >= 0.6 is 11.6 Å². The van der Waals surface area contributed by atoms with E-state index in [4.69, 9.17) is 25.5 Å². The minimum atomic E-state index is -0.620. The molecule has 3 rings (SSSR count). The Morgan fingerprint density at radius 3 is 2.75 bits per heavy atom. The van der Waals surface area contributed by atoms with E-state index in [1.54, 1.807) is 19.1 Å². The molecule has 3 aromatic rings. The van der Waals surface area contributed by atoms with Gasteiger partial charge in [-0.05, 0) is 31.2 Å². The topological polar surface area (TPSA) is 108 Å². The molecule has 28 heavy (non-hydrogen) atoms. The lowest BCUT2D eigenvalue weighted by atomic mass is 10.1. The number of esters is 1. The molecule has 0 fully saturated rings. The number of ether oxygens (including phenoxy) is 2. The van der Waals surface area contributed by atoms with Gasteiger partial charge in [-0.15, -0.1) is 0 Å². The normalized spacial score (nSPS) is 10.5. The summed E-state index contributed by atoms with van der Waals surface area (Å²) >= 11 is 5.76. The molecule has 0 saturated heterocycles. The van der Waals surface area contributed by atoms with E-state index < -0.39 is 17.7 Å². The summed E-state index contributed by atoms with van der Waals surface area (Å²) in [6.45, 7) is 1.77. The van der Waals surface area contributed by atoms with E-state index in [2.05, 4.69) is 10.3 Å². The van der Waals surface area contributed by atoms with Gasteiger partial charge in [0.15, 0.2) is 0 Å². The zero-order chi connectivity index (χ0) is 20.1. The van der Waals surface area contributed by atoms with Gasteiger partial charge < -0.3 is 13.9 Å². The van der Waals surface area contributed by atoms with E-state index in [0.717, 1.165) is 0 Å². The molecule has 0 bridgehead atoms. The van der Waals surface area contributed by atoms with Crippen molar-refractivity contribution in [2.45, 2.75) is 13.5 Å². The van der Waals surface area contributed by atoms with Crippen molar-refractivity contribution < 1.29 is 23.5 Å². The van der Waals surface area contributed by atoms with E-state index in [-0.39, 0.29) is 29.5 Å². The Kier molecular flexibility index (Phi) is 5.90. The molecule has 144 valence electrons. The lowest BCUT2D eigenvalue weighted by Crippen LogP contribution is -2.13. The monoisotopic (exact) mass is 402 g/mol. The van der Waals surface area contributed by atoms with Crippen molar-refractivity contribution in [3.05, 3.63) is 69.3 Å². The van der Waals surface area contributed by atoms with Crippen LogP contribution in [0, 0.1) is 0 Å². The molecule has 0 saturated carbocycles. The summed E-state index contributed by atoms with van der Waals surface area (Å²) in [5.74, 6) is -0.605. The van der Waals surface area contributed by atoms with Crippen LogP contribution in [-0.4, -0.2) is 23.7 Å². The number of nitrogens with one attached hydrogen (secondary N) is 1. The largest absolute Gasteiger partial charge is 0.457 e. The first-order valence-corrected chi connectivity index (χ1v) is 8.63. The second-order valence-electron chi connectivity index (χ2n) is 5.59. The molecule has 0 spiro atoms. The number of nitrogens with zero attached hydrogens (tertiary/aromatic N) is 1. The first kappa shape index (κ1) is 19.4. The molecule has 0 unspecified atom stereocenters. The molecule has 2 heterocycles. The average molecular weight is 403 g/mol. The standard InChI is InChI=1S/C19H15ClN2O6/c1-2-26-19(25)22-13-3-4-14-12(8-17(23)28-15(14)9-13)10-27-18(24)11-5-6-21-16(20)7-11/h3-9H,2,10H2,1H3,(H,22,25). The Hall–Kier alpha value is -3.39. The summed E-state index contributed by atoms with van der Waals surface area (Å²) in [5, 5.41) is 3.26. The Morgan fingerprint density at radius 2 is 2.00 bits per heavy atom. The highest BCUT2D eigenvalue weighted by molar-refractivity contribution is 6.29. The molecule has 2 aromatic heterocycles. The third-order valence-corrected chi connectivity index (χ3v) is 3.88. The second-order valence-corrected chi connectivity index (χ2v) is 5.98. The van der Waals surface area contributed by atoms with Crippen LogP contribution in [0.25, 0.3) is 11.0 Å². The van der Waals surface area contributed by atoms with Crippen LogP contribution in [-0.2, 0) is 16.1 Å². The van der Waals surface area contributed by atoms with Gasteiger partial charge in [0, 0.05) is 35.0 Å². The Bertz CT molecular complexity index is 1100. The van der Waals surface area contributed by atoms with Gasteiger partial charge in [0.2, 0.25) is 0 Å². The fourth-order valence-electron chi connectivity index (χ4n) is 2.47. The fraction of sp³-hybridized carbons (Fsp3) is 0.158. The predicted octanol–water partition coefficient (Wildman–Crippen LogP) is 3.77. The third kappa shape index (κ3) is 4.66. The summed E-state index contributed by atoms with van der Waals surface area (Å²) in [6.07, 6.45) is 0.772. The van der Waals surface area contributed by atoms with Crippen LogP contribution in [0.2, 0.25) is 5.15 Å². The van der Waals surface area contributed by atoms with Gasteiger partial charge in [0.05, 0.1) is 12.2 Å². The quantitative estimate of drug-likeness (QED) is 0.393. The highest BCUT2D eigenvalue weighted by atomic mass is 35.5. The molecule has 0 aliphatic carbocycles. The van der Waals surface area contributed by atoms with E-state index in [1.165, 1.54) is 30.5 Å². The third-order valence-electron chi connectivity index (χ3n) is 3.67. The lowest BCUT2D eigenvalue weighted by molar-refractivity contribution is 0.0473. The lowest BCUT2D eigenvalue weighted by Gasteiger charge is -2.09. The first-order chi connectivity index (χ1) is 13.5. The fourth-order valence-corrected chi connectivity index (χ4v) is 2.64. The van der Waals surface area contributed by atoms with Crippen LogP contribution in [0.15, 0.2) is 51.8 Å². The van der Waals surface area contributed by atoms with Crippen LogP contribution in [0.5, 0.6) is 0 Å². The van der Waals surface area contributed by atoms with E-state index in [0.29, 0.717) is 16.6 Å². The van der Waals surface area contributed by atoms with Crippen LogP contribution in [0.4, 0.5) is 10.5 Å². The Morgan fingerprint density at radius 1 is 1.18 bits per heavy atom. The van der Waals surface area contributed by atoms with Crippen LogP contribution in [0.3, 0.4) is 0 Å². The number of hydrogen-bond acceptors (Lipinski definition) is 7. The number of benzene rings is 1.